The molecule has 0 saturated heterocycles. The van der Waals surface area contributed by atoms with Crippen LogP contribution in [-0.4, -0.2) is 17.3 Å². The molecule has 0 heterocycles. The molecule has 0 amide bonds. The number of hydrogen-bond donors (Lipinski definition) is 2. The zero-order valence-electron chi connectivity index (χ0n) is 4.75. The number of aliphatic hydroxyl groups excluding tert-OH is 1. The molecule has 3 N–H and O–H groups in total. The third-order valence-electron chi connectivity index (χ3n) is 1.38. The van der Waals surface area contributed by atoms with Crippen molar-refractivity contribution in [2.24, 2.45) is 5.73 Å². The van der Waals surface area contributed by atoms with E-state index < -0.39 is 0 Å². The van der Waals surface area contributed by atoms with E-state index in [1.807, 2.05) is 6.08 Å². The second kappa shape index (κ2) is 2.29. The van der Waals surface area contributed by atoms with Gasteiger partial charge in [0, 0.05) is 6.04 Å². The Balaban J connectivity index is 2.42. The van der Waals surface area contributed by atoms with Crippen molar-refractivity contribution in [3.8, 4) is 0 Å². The standard InChI is InChI=1S/C6H11NO/c7-5-1-3-6(8)4-2-5/h1,3,5-6,8H,2,4,7H2/t5-,6+/m1/s1. The summed E-state index contributed by atoms with van der Waals surface area (Å²) in [5.74, 6) is 0. The van der Waals surface area contributed by atoms with Gasteiger partial charge in [0.1, 0.15) is 0 Å². The summed E-state index contributed by atoms with van der Waals surface area (Å²) in [5.41, 5.74) is 5.50. The van der Waals surface area contributed by atoms with Crippen molar-refractivity contribution in [2.75, 3.05) is 0 Å². The van der Waals surface area contributed by atoms with Gasteiger partial charge >= 0.3 is 0 Å². The third kappa shape index (κ3) is 1.32. The van der Waals surface area contributed by atoms with E-state index in [-0.39, 0.29) is 12.1 Å². The zero-order valence-corrected chi connectivity index (χ0v) is 4.75. The van der Waals surface area contributed by atoms with E-state index in [2.05, 4.69) is 0 Å². The van der Waals surface area contributed by atoms with Crippen LogP contribution < -0.4 is 5.73 Å². The van der Waals surface area contributed by atoms with E-state index in [1.165, 1.54) is 0 Å². The fourth-order valence-corrected chi connectivity index (χ4v) is 0.827. The van der Waals surface area contributed by atoms with E-state index in [0.29, 0.717) is 0 Å². The molecule has 0 aromatic carbocycles. The first-order chi connectivity index (χ1) is 3.79. The molecule has 2 heteroatoms. The van der Waals surface area contributed by atoms with Gasteiger partial charge < -0.3 is 10.8 Å². The van der Waals surface area contributed by atoms with Crippen LogP contribution in [0, 0.1) is 0 Å². The van der Waals surface area contributed by atoms with Crippen molar-refractivity contribution in [1.82, 2.24) is 0 Å². The van der Waals surface area contributed by atoms with Crippen molar-refractivity contribution < 1.29 is 5.11 Å². The minimum absolute atomic E-state index is 0.179. The molecule has 0 radical (unpaired) electrons. The summed E-state index contributed by atoms with van der Waals surface area (Å²) < 4.78 is 0. The third-order valence-corrected chi connectivity index (χ3v) is 1.38. The lowest BCUT2D eigenvalue weighted by Gasteiger charge is -2.14. The molecule has 0 aliphatic heterocycles. The summed E-state index contributed by atoms with van der Waals surface area (Å²) in [6, 6.07) is 0.179. The Hall–Kier alpha value is -0.340. The molecule has 1 rings (SSSR count). The molecular weight excluding hydrogens is 102 g/mol. The number of hydrogen-bond acceptors (Lipinski definition) is 2. The van der Waals surface area contributed by atoms with Gasteiger partial charge in [-0.05, 0) is 12.8 Å². The summed E-state index contributed by atoms with van der Waals surface area (Å²) in [7, 11) is 0. The Labute approximate surface area is 49.0 Å². The molecule has 1 aliphatic rings. The summed E-state index contributed by atoms with van der Waals surface area (Å²) in [4.78, 5) is 0. The maximum Gasteiger partial charge on any atom is 0.0722 e. The number of aliphatic hydroxyl groups is 1. The minimum atomic E-state index is -0.241. The van der Waals surface area contributed by atoms with Crippen LogP contribution in [0.3, 0.4) is 0 Å². The molecule has 2 atom stereocenters. The lowest BCUT2D eigenvalue weighted by atomic mass is 10.0. The van der Waals surface area contributed by atoms with Crippen LogP contribution in [0.4, 0.5) is 0 Å². The van der Waals surface area contributed by atoms with E-state index in [4.69, 9.17) is 10.8 Å². The molecule has 0 fully saturated rings. The van der Waals surface area contributed by atoms with Crippen LogP contribution in [-0.2, 0) is 0 Å². The maximum atomic E-state index is 8.88. The SMILES string of the molecule is N[C@@H]1C=C[C@H](O)CC1. The van der Waals surface area contributed by atoms with Gasteiger partial charge in [-0.15, -0.1) is 0 Å². The van der Waals surface area contributed by atoms with Crippen molar-refractivity contribution >= 4 is 0 Å². The van der Waals surface area contributed by atoms with E-state index in [9.17, 15) is 0 Å². The first-order valence-electron chi connectivity index (χ1n) is 2.91. The highest BCUT2D eigenvalue weighted by molar-refractivity contribution is 5.00. The van der Waals surface area contributed by atoms with Gasteiger partial charge in [-0.25, -0.2) is 0 Å². The highest BCUT2D eigenvalue weighted by Crippen LogP contribution is 2.08. The van der Waals surface area contributed by atoms with Crippen molar-refractivity contribution in [2.45, 2.75) is 25.0 Å². The van der Waals surface area contributed by atoms with Crippen LogP contribution in [0.5, 0.6) is 0 Å². The molecule has 0 saturated carbocycles. The molecule has 1 aliphatic carbocycles. The van der Waals surface area contributed by atoms with E-state index >= 15 is 0 Å². The van der Waals surface area contributed by atoms with Gasteiger partial charge in [0.25, 0.3) is 0 Å². The van der Waals surface area contributed by atoms with Crippen molar-refractivity contribution in [1.29, 1.82) is 0 Å². The average molecular weight is 113 g/mol. The molecule has 2 nitrogen and oxygen atoms in total. The Morgan fingerprint density at radius 2 is 2.12 bits per heavy atom. The van der Waals surface area contributed by atoms with Gasteiger partial charge in [-0.3, -0.25) is 0 Å². The van der Waals surface area contributed by atoms with Gasteiger partial charge in [-0.2, -0.15) is 0 Å². The smallest absolute Gasteiger partial charge is 0.0722 e. The topological polar surface area (TPSA) is 46.2 Å². The Morgan fingerprint density at radius 1 is 1.38 bits per heavy atom. The molecule has 0 aromatic heterocycles. The lowest BCUT2D eigenvalue weighted by Crippen LogP contribution is -2.23. The van der Waals surface area contributed by atoms with Crippen molar-refractivity contribution in [3.63, 3.8) is 0 Å². The Morgan fingerprint density at radius 3 is 2.50 bits per heavy atom. The molecule has 0 spiro atoms. The average Bonchev–Trinajstić information content (AvgIpc) is 1.77. The monoisotopic (exact) mass is 113 g/mol. The summed E-state index contributed by atoms with van der Waals surface area (Å²) in [6.45, 7) is 0. The first kappa shape index (κ1) is 5.79. The van der Waals surface area contributed by atoms with E-state index in [1.54, 1.807) is 6.08 Å². The second-order valence-electron chi connectivity index (χ2n) is 2.19. The van der Waals surface area contributed by atoms with Gasteiger partial charge in [0.05, 0.1) is 6.10 Å². The van der Waals surface area contributed by atoms with E-state index in [0.717, 1.165) is 12.8 Å². The normalized spacial score (nSPS) is 37.8. The molecule has 0 aromatic rings. The van der Waals surface area contributed by atoms with Crippen LogP contribution in [0.25, 0.3) is 0 Å². The lowest BCUT2D eigenvalue weighted by molar-refractivity contribution is 0.201. The fraction of sp³-hybridized carbons (Fsp3) is 0.667. The van der Waals surface area contributed by atoms with Crippen LogP contribution in [0.2, 0.25) is 0 Å². The minimum Gasteiger partial charge on any atom is -0.389 e. The molecule has 0 bridgehead atoms. The van der Waals surface area contributed by atoms with Crippen molar-refractivity contribution in [3.05, 3.63) is 12.2 Å². The second-order valence-corrected chi connectivity index (χ2v) is 2.19. The highest BCUT2D eigenvalue weighted by atomic mass is 16.3. The highest BCUT2D eigenvalue weighted by Gasteiger charge is 2.08. The van der Waals surface area contributed by atoms with Gasteiger partial charge in [0.2, 0.25) is 0 Å². The fourth-order valence-electron chi connectivity index (χ4n) is 0.827. The molecule has 8 heavy (non-hydrogen) atoms. The summed E-state index contributed by atoms with van der Waals surface area (Å²) in [5, 5.41) is 8.88. The molecular formula is C6H11NO. The molecule has 46 valence electrons. The Kier molecular flexibility index (Phi) is 1.65. The maximum absolute atomic E-state index is 8.88. The van der Waals surface area contributed by atoms with Crippen LogP contribution in [0.15, 0.2) is 12.2 Å². The number of rotatable bonds is 0. The van der Waals surface area contributed by atoms with Gasteiger partial charge in [-0.1, -0.05) is 12.2 Å². The Bertz CT molecular complexity index is 88.7. The summed E-state index contributed by atoms with van der Waals surface area (Å²) >= 11 is 0. The number of nitrogens with two attached hydrogens (primary N) is 1. The predicted molar refractivity (Wildman–Crippen MR) is 32.4 cm³/mol. The first-order valence-corrected chi connectivity index (χ1v) is 2.91. The largest absolute Gasteiger partial charge is 0.389 e. The predicted octanol–water partition coefficient (Wildman–Crippen LogP) is 0.0246. The zero-order chi connectivity index (χ0) is 5.98. The molecule has 0 unspecified atom stereocenters. The van der Waals surface area contributed by atoms with Crippen LogP contribution >= 0.6 is 0 Å². The summed E-state index contributed by atoms with van der Waals surface area (Å²) in [6.07, 6.45) is 5.10. The van der Waals surface area contributed by atoms with Gasteiger partial charge in [0.15, 0.2) is 0 Å². The van der Waals surface area contributed by atoms with Crippen LogP contribution in [0.1, 0.15) is 12.8 Å². The quantitative estimate of drug-likeness (QED) is 0.435.